The molecular formula is C17H21NO. The van der Waals surface area contributed by atoms with Crippen LogP contribution < -0.4 is 0 Å². The third-order valence-electron chi connectivity index (χ3n) is 3.25. The van der Waals surface area contributed by atoms with Gasteiger partial charge in [-0.15, -0.1) is 0 Å². The van der Waals surface area contributed by atoms with E-state index in [2.05, 4.69) is 24.0 Å². The largest absolute Gasteiger partial charge is 0.384 e. The number of aliphatic hydroxyl groups excluding tert-OH is 1. The lowest BCUT2D eigenvalue weighted by Crippen LogP contribution is -2.02. The summed E-state index contributed by atoms with van der Waals surface area (Å²) in [5, 5.41) is 10.4. The lowest BCUT2D eigenvalue weighted by atomic mass is 9.99. The van der Waals surface area contributed by atoms with Gasteiger partial charge in [0.25, 0.3) is 0 Å². The fraction of sp³-hybridized carbons (Fsp3) is 0.353. The fourth-order valence-corrected chi connectivity index (χ4v) is 2.37. The standard InChI is InChI=1S/C17H21NO/c1-4-5-14-6-8-15(9-7-14)17(19)16-10-12(2)18-13(3)11-16/h6-11,17,19H,4-5H2,1-3H3. The van der Waals surface area contributed by atoms with E-state index >= 15 is 0 Å². The van der Waals surface area contributed by atoms with Crippen molar-refractivity contribution in [1.82, 2.24) is 4.98 Å². The minimum Gasteiger partial charge on any atom is -0.384 e. The first kappa shape index (κ1) is 13.8. The van der Waals surface area contributed by atoms with Crippen LogP contribution in [0.1, 0.15) is 47.5 Å². The van der Waals surface area contributed by atoms with Crippen LogP contribution in [-0.2, 0) is 6.42 Å². The van der Waals surface area contributed by atoms with Crippen molar-refractivity contribution >= 4 is 0 Å². The Balaban J connectivity index is 2.25. The molecule has 2 heteroatoms. The van der Waals surface area contributed by atoms with Crippen molar-refractivity contribution in [3.05, 3.63) is 64.5 Å². The number of pyridine rings is 1. The van der Waals surface area contributed by atoms with Crippen LogP contribution in [0.4, 0.5) is 0 Å². The highest BCUT2D eigenvalue weighted by molar-refractivity contribution is 5.33. The number of rotatable bonds is 4. The minimum absolute atomic E-state index is 0.573. The Hall–Kier alpha value is -1.67. The number of aryl methyl sites for hydroxylation is 3. The highest BCUT2D eigenvalue weighted by Crippen LogP contribution is 2.23. The molecule has 0 aliphatic heterocycles. The number of nitrogens with zero attached hydrogens (tertiary/aromatic N) is 1. The third-order valence-corrected chi connectivity index (χ3v) is 3.25. The summed E-state index contributed by atoms with van der Waals surface area (Å²) in [6.45, 7) is 6.08. The molecule has 0 saturated heterocycles. The van der Waals surface area contributed by atoms with Crippen molar-refractivity contribution in [2.24, 2.45) is 0 Å². The molecule has 1 aromatic heterocycles. The second kappa shape index (κ2) is 5.98. The third kappa shape index (κ3) is 3.42. The minimum atomic E-state index is -0.573. The van der Waals surface area contributed by atoms with Gasteiger partial charge in [0.2, 0.25) is 0 Å². The SMILES string of the molecule is CCCc1ccc(C(O)c2cc(C)nc(C)c2)cc1. The predicted octanol–water partition coefficient (Wildman–Crippen LogP) is 3.73. The molecule has 1 heterocycles. The van der Waals surface area contributed by atoms with E-state index in [0.717, 1.165) is 35.4 Å². The number of aromatic nitrogens is 1. The number of hydrogen-bond acceptors (Lipinski definition) is 2. The van der Waals surface area contributed by atoms with E-state index in [9.17, 15) is 5.11 Å². The highest BCUT2D eigenvalue weighted by Gasteiger charge is 2.11. The van der Waals surface area contributed by atoms with Crippen LogP contribution in [0.25, 0.3) is 0 Å². The maximum absolute atomic E-state index is 10.4. The molecule has 0 aliphatic carbocycles. The molecule has 2 aromatic rings. The zero-order chi connectivity index (χ0) is 13.8. The molecule has 19 heavy (non-hydrogen) atoms. The van der Waals surface area contributed by atoms with Gasteiger partial charge in [0.1, 0.15) is 6.10 Å². The van der Waals surface area contributed by atoms with E-state index in [4.69, 9.17) is 0 Å². The van der Waals surface area contributed by atoms with Crippen molar-refractivity contribution < 1.29 is 5.11 Å². The van der Waals surface area contributed by atoms with Crippen molar-refractivity contribution in [3.63, 3.8) is 0 Å². The summed E-state index contributed by atoms with van der Waals surface area (Å²) < 4.78 is 0. The molecule has 0 amide bonds. The molecule has 0 aliphatic rings. The topological polar surface area (TPSA) is 33.1 Å². The summed E-state index contributed by atoms with van der Waals surface area (Å²) >= 11 is 0. The number of aliphatic hydroxyl groups is 1. The van der Waals surface area contributed by atoms with Gasteiger partial charge >= 0.3 is 0 Å². The lowest BCUT2D eigenvalue weighted by Gasteiger charge is -2.13. The van der Waals surface area contributed by atoms with Gasteiger partial charge in [-0.1, -0.05) is 37.6 Å². The van der Waals surface area contributed by atoms with Gasteiger partial charge in [-0.25, -0.2) is 0 Å². The van der Waals surface area contributed by atoms with E-state index < -0.39 is 6.10 Å². The Morgan fingerprint density at radius 1 is 1.00 bits per heavy atom. The van der Waals surface area contributed by atoms with Gasteiger partial charge in [0.15, 0.2) is 0 Å². The van der Waals surface area contributed by atoms with E-state index in [-0.39, 0.29) is 0 Å². The van der Waals surface area contributed by atoms with Gasteiger partial charge < -0.3 is 5.11 Å². The summed E-state index contributed by atoms with van der Waals surface area (Å²) in [6.07, 6.45) is 1.66. The second-order valence-electron chi connectivity index (χ2n) is 5.08. The lowest BCUT2D eigenvalue weighted by molar-refractivity contribution is 0.220. The fourth-order valence-electron chi connectivity index (χ4n) is 2.37. The van der Waals surface area contributed by atoms with Crippen LogP contribution in [0, 0.1) is 13.8 Å². The Morgan fingerprint density at radius 3 is 2.11 bits per heavy atom. The van der Waals surface area contributed by atoms with E-state index in [1.165, 1.54) is 5.56 Å². The molecule has 0 saturated carbocycles. The first-order valence-corrected chi connectivity index (χ1v) is 6.82. The Labute approximate surface area is 115 Å². The smallest absolute Gasteiger partial charge is 0.104 e. The van der Waals surface area contributed by atoms with Gasteiger partial charge in [-0.05, 0) is 49.1 Å². The Morgan fingerprint density at radius 2 is 1.58 bits per heavy atom. The summed E-state index contributed by atoms with van der Waals surface area (Å²) in [5.74, 6) is 0. The zero-order valence-corrected chi connectivity index (χ0v) is 11.9. The van der Waals surface area contributed by atoms with Crippen LogP contribution in [0.2, 0.25) is 0 Å². The second-order valence-corrected chi connectivity index (χ2v) is 5.08. The van der Waals surface area contributed by atoms with Gasteiger partial charge in [0.05, 0.1) is 0 Å². The highest BCUT2D eigenvalue weighted by atomic mass is 16.3. The maximum Gasteiger partial charge on any atom is 0.104 e. The molecule has 1 unspecified atom stereocenters. The number of benzene rings is 1. The quantitative estimate of drug-likeness (QED) is 0.903. The van der Waals surface area contributed by atoms with Crippen LogP contribution >= 0.6 is 0 Å². The van der Waals surface area contributed by atoms with Crippen molar-refractivity contribution in [1.29, 1.82) is 0 Å². The first-order valence-electron chi connectivity index (χ1n) is 6.82. The summed E-state index contributed by atoms with van der Waals surface area (Å²) in [6, 6.07) is 12.1. The normalized spacial score (nSPS) is 12.4. The molecule has 1 aromatic carbocycles. The van der Waals surface area contributed by atoms with Crippen LogP contribution in [0.5, 0.6) is 0 Å². The molecule has 1 N–H and O–H groups in total. The molecule has 0 radical (unpaired) electrons. The van der Waals surface area contributed by atoms with Crippen LogP contribution in [-0.4, -0.2) is 10.1 Å². The van der Waals surface area contributed by atoms with E-state index in [0.29, 0.717) is 0 Å². The zero-order valence-electron chi connectivity index (χ0n) is 11.9. The molecular weight excluding hydrogens is 234 g/mol. The monoisotopic (exact) mass is 255 g/mol. The average molecular weight is 255 g/mol. The number of hydrogen-bond donors (Lipinski definition) is 1. The van der Waals surface area contributed by atoms with Crippen LogP contribution in [0.3, 0.4) is 0 Å². The van der Waals surface area contributed by atoms with Gasteiger partial charge in [-0.3, -0.25) is 4.98 Å². The summed E-state index contributed by atoms with van der Waals surface area (Å²) in [4.78, 5) is 4.34. The van der Waals surface area contributed by atoms with Gasteiger partial charge in [0, 0.05) is 11.4 Å². The van der Waals surface area contributed by atoms with Crippen LogP contribution in [0.15, 0.2) is 36.4 Å². The molecule has 0 fully saturated rings. The van der Waals surface area contributed by atoms with Crippen molar-refractivity contribution in [2.75, 3.05) is 0 Å². The molecule has 2 nitrogen and oxygen atoms in total. The maximum atomic E-state index is 10.4. The average Bonchev–Trinajstić information content (AvgIpc) is 2.38. The molecule has 100 valence electrons. The summed E-state index contributed by atoms with van der Waals surface area (Å²) in [7, 11) is 0. The Bertz CT molecular complexity index is 525. The molecule has 0 bridgehead atoms. The van der Waals surface area contributed by atoms with E-state index in [1.54, 1.807) is 0 Å². The molecule has 2 rings (SSSR count). The van der Waals surface area contributed by atoms with E-state index in [1.807, 2.05) is 38.1 Å². The molecule has 1 atom stereocenters. The predicted molar refractivity (Wildman–Crippen MR) is 78.2 cm³/mol. The molecule has 0 spiro atoms. The van der Waals surface area contributed by atoms with Gasteiger partial charge in [-0.2, -0.15) is 0 Å². The van der Waals surface area contributed by atoms with Crippen molar-refractivity contribution in [2.45, 2.75) is 39.7 Å². The Kier molecular flexibility index (Phi) is 4.33. The summed E-state index contributed by atoms with van der Waals surface area (Å²) in [5.41, 5.74) is 5.05. The first-order chi connectivity index (χ1) is 9.10. The van der Waals surface area contributed by atoms with Crippen molar-refractivity contribution in [3.8, 4) is 0 Å².